The van der Waals surface area contributed by atoms with Crippen molar-refractivity contribution in [1.29, 1.82) is 0 Å². The van der Waals surface area contributed by atoms with Crippen molar-refractivity contribution in [3.8, 4) is 0 Å². The Hall–Kier alpha value is -1.08. The molecule has 0 aromatic carbocycles. The summed E-state index contributed by atoms with van der Waals surface area (Å²) in [5.41, 5.74) is 5.23. The third-order valence-electron chi connectivity index (χ3n) is 1.40. The monoisotopic (exact) mass is 207 g/mol. The molecule has 80 valence electrons. The molecule has 7 heteroatoms. The summed E-state index contributed by atoms with van der Waals surface area (Å²) >= 11 is 0. The van der Waals surface area contributed by atoms with Crippen LogP contribution in [0.1, 0.15) is 11.7 Å². The average Bonchev–Trinajstić information content (AvgIpc) is 2.60. The molecule has 14 heavy (non-hydrogen) atoms. The lowest BCUT2D eigenvalue weighted by Gasteiger charge is -1.99. The summed E-state index contributed by atoms with van der Waals surface area (Å²) < 4.78 is 32.6. The van der Waals surface area contributed by atoms with Crippen LogP contribution in [-0.2, 0) is 17.7 Å². The topological polar surface area (TPSA) is 74.2 Å². The summed E-state index contributed by atoms with van der Waals surface area (Å²) in [5, 5.41) is 3.57. The van der Waals surface area contributed by atoms with E-state index in [0.29, 0.717) is 18.1 Å². The van der Waals surface area contributed by atoms with E-state index < -0.39 is 13.0 Å². The molecular weight excluding hydrogens is 196 g/mol. The Kier molecular flexibility index (Phi) is 4.41. The maximum atomic E-state index is 11.6. The number of rotatable bonds is 6. The number of aromatic nitrogens is 2. The molecule has 0 amide bonds. The van der Waals surface area contributed by atoms with E-state index in [1.807, 2.05) is 0 Å². The highest BCUT2D eigenvalue weighted by Crippen LogP contribution is 1.98. The molecule has 0 bridgehead atoms. The first kappa shape index (κ1) is 11.0. The molecule has 0 saturated heterocycles. The molecule has 0 radical (unpaired) electrons. The normalized spacial score (nSPS) is 11.1. The predicted molar refractivity (Wildman–Crippen MR) is 42.7 cm³/mol. The van der Waals surface area contributed by atoms with Gasteiger partial charge in [-0.3, -0.25) is 0 Å². The zero-order valence-electron chi connectivity index (χ0n) is 7.45. The first-order valence-electron chi connectivity index (χ1n) is 4.09. The van der Waals surface area contributed by atoms with Crippen LogP contribution >= 0.6 is 0 Å². The minimum atomic E-state index is -2.44. The number of alkyl halides is 2. The molecular formula is C7H11F2N3O2. The lowest BCUT2D eigenvalue weighted by molar-refractivity contribution is 0.0182. The number of hydrogen-bond donors (Lipinski definition) is 1. The molecule has 0 fully saturated rings. The molecule has 2 N–H and O–H groups in total. The first-order valence-corrected chi connectivity index (χ1v) is 4.09. The lowest BCUT2D eigenvalue weighted by Crippen LogP contribution is -2.07. The fraction of sp³-hybridized carbons (Fsp3) is 0.714. The number of nitrogens with two attached hydrogens (primary N) is 1. The van der Waals surface area contributed by atoms with Crippen LogP contribution in [0.4, 0.5) is 8.78 Å². The summed E-state index contributed by atoms with van der Waals surface area (Å²) in [7, 11) is 0. The Morgan fingerprint density at radius 1 is 1.50 bits per heavy atom. The highest BCUT2D eigenvalue weighted by Gasteiger charge is 2.05. The van der Waals surface area contributed by atoms with Gasteiger partial charge in [-0.15, -0.1) is 0 Å². The maximum absolute atomic E-state index is 11.6. The number of halogens is 2. The van der Waals surface area contributed by atoms with E-state index in [4.69, 9.17) is 10.3 Å². The van der Waals surface area contributed by atoms with Crippen molar-refractivity contribution in [2.24, 2.45) is 5.73 Å². The molecule has 0 aliphatic heterocycles. The average molecular weight is 207 g/mol. The summed E-state index contributed by atoms with van der Waals surface area (Å²) in [6, 6.07) is 0. The van der Waals surface area contributed by atoms with Crippen LogP contribution in [0.2, 0.25) is 0 Å². The van der Waals surface area contributed by atoms with Crippen LogP contribution < -0.4 is 5.73 Å². The minimum absolute atomic E-state index is 0.147. The van der Waals surface area contributed by atoms with Gasteiger partial charge in [-0.2, -0.15) is 4.98 Å². The van der Waals surface area contributed by atoms with Crippen molar-refractivity contribution in [2.45, 2.75) is 19.4 Å². The summed E-state index contributed by atoms with van der Waals surface area (Å²) in [4.78, 5) is 3.88. The van der Waals surface area contributed by atoms with Crippen LogP contribution in [-0.4, -0.2) is 29.8 Å². The van der Waals surface area contributed by atoms with Gasteiger partial charge in [-0.1, -0.05) is 5.16 Å². The summed E-state index contributed by atoms with van der Waals surface area (Å²) in [5.74, 6) is 0.744. The second-order valence-electron chi connectivity index (χ2n) is 2.52. The lowest BCUT2D eigenvalue weighted by atomic mass is 10.4. The van der Waals surface area contributed by atoms with Gasteiger partial charge in [0.1, 0.15) is 6.61 Å². The molecule has 0 atom stereocenters. The third kappa shape index (κ3) is 3.75. The van der Waals surface area contributed by atoms with Gasteiger partial charge in [-0.25, -0.2) is 8.78 Å². The Bertz CT molecular complexity index is 267. The molecule has 1 heterocycles. The maximum Gasteiger partial charge on any atom is 0.261 e. The van der Waals surface area contributed by atoms with Gasteiger partial charge in [0.05, 0.1) is 13.2 Å². The molecule has 1 aromatic rings. The fourth-order valence-electron chi connectivity index (χ4n) is 0.810. The minimum Gasteiger partial charge on any atom is -0.375 e. The van der Waals surface area contributed by atoms with Crippen LogP contribution in [0, 0.1) is 0 Å². The van der Waals surface area contributed by atoms with Gasteiger partial charge in [0.15, 0.2) is 5.82 Å². The van der Waals surface area contributed by atoms with Crippen LogP contribution in [0.25, 0.3) is 0 Å². The van der Waals surface area contributed by atoms with E-state index >= 15 is 0 Å². The second kappa shape index (κ2) is 5.61. The Morgan fingerprint density at radius 3 is 2.86 bits per heavy atom. The van der Waals surface area contributed by atoms with Crippen molar-refractivity contribution in [2.75, 3.05) is 13.2 Å². The Morgan fingerprint density at radius 2 is 2.29 bits per heavy atom. The van der Waals surface area contributed by atoms with Crippen LogP contribution in [0.5, 0.6) is 0 Å². The number of hydrogen-bond acceptors (Lipinski definition) is 5. The van der Waals surface area contributed by atoms with Crippen molar-refractivity contribution >= 4 is 0 Å². The molecule has 0 aliphatic rings. The van der Waals surface area contributed by atoms with Gasteiger partial charge in [0, 0.05) is 6.42 Å². The Balaban J connectivity index is 2.18. The first-order chi connectivity index (χ1) is 6.72. The zero-order valence-corrected chi connectivity index (χ0v) is 7.45. The van der Waals surface area contributed by atoms with E-state index in [9.17, 15) is 8.78 Å². The van der Waals surface area contributed by atoms with E-state index in [0.717, 1.165) is 0 Å². The standard InChI is InChI=1S/C7H11F2N3O2/c8-5(9)4-13-2-1-6-11-7(3-10)14-12-6/h5H,1-4,10H2. The van der Waals surface area contributed by atoms with E-state index in [1.165, 1.54) is 0 Å². The quantitative estimate of drug-likeness (QED) is 0.681. The highest BCUT2D eigenvalue weighted by atomic mass is 19.3. The molecule has 5 nitrogen and oxygen atoms in total. The Labute approximate surface area is 79.2 Å². The molecule has 0 aliphatic carbocycles. The predicted octanol–water partition coefficient (Wildman–Crippen LogP) is 0.352. The third-order valence-corrected chi connectivity index (χ3v) is 1.40. The van der Waals surface area contributed by atoms with E-state index in [-0.39, 0.29) is 13.2 Å². The molecule has 1 rings (SSSR count). The second-order valence-corrected chi connectivity index (χ2v) is 2.52. The smallest absolute Gasteiger partial charge is 0.261 e. The summed E-state index contributed by atoms with van der Waals surface area (Å²) in [6.07, 6.45) is -2.10. The molecule has 1 aromatic heterocycles. The van der Waals surface area contributed by atoms with Gasteiger partial charge >= 0.3 is 0 Å². The van der Waals surface area contributed by atoms with Crippen molar-refractivity contribution < 1.29 is 18.0 Å². The van der Waals surface area contributed by atoms with E-state index in [2.05, 4.69) is 14.9 Å². The molecule has 0 unspecified atom stereocenters. The highest BCUT2D eigenvalue weighted by molar-refractivity contribution is 4.85. The SMILES string of the molecule is NCc1nc(CCOCC(F)F)no1. The van der Waals surface area contributed by atoms with Crippen molar-refractivity contribution in [3.63, 3.8) is 0 Å². The number of nitrogens with zero attached hydrogens (tertiary/aromatic N) is 2. The fourth-order valence-corrected chi connectivity index (χ4v) is 0.810. The summed E-state index contributed by atoms with van der Waals surface area (Å²) in [6.45, 7) is -0.250. The zero-order chi connectivity index (χ0) is 10.4. The molecule has 0 spiro atoms. The van der Waals surface area contributed by atoms with E-state index in [1.54, 1.807) is 0 Å². The van der Waals surface area contributed by atoms with Gasteiger partial charge in [0.2, 0.25) is 5.89 Å². The van der Waals surface area contributed by atoms with Crippen molar-refractivity contribution in [3.05, 3.63) is 11.7 Å². The van der Waals surface area contributed by atoms with Crippen LogP contribution in [0.3, 0.4) is 0 Å². The largest absolute Gasteiger partial charge is 0.375 e. The molecule has 0 saturated carbocycles. The van der Waals surface area contributed by atoms with Crippen LogP contribution in [0.15, 0.2) is 4.52 Å². The van der Waals surface area contributed by atoms with Gasteiger partial charge in [0.25, 0.3) is 6.43 Å². The van der Waals surface area contributed by atoms with Gasteiger partial charge in [-0.05, 0) is 0 Å². The van der Waals surface area contributed by atoms with Crippen molar-refractivity contribution in [1.82, 2.24) is 10.1 Å². The van der Waals surface area contributed by atoms with Gasteiger partial charge < -0.3 is 15.0 Å². The number of ether oxygens (including phenoxy) is 1.